The van der Waals surface area contributed by atoms with Crippen LogP contribution in [0.3, 0.4) is 0 Å². The molecule has 0 spiro atoms. The van der Waals surface area contributed by atoms with E-state index in [1.807, 2.05) is 4.53 Å². The highest BCUT2D eigenvalue weighted by molar-refractivity contribution is 6.13. The molecule has 0 aromatic rings. The van der Waals surface area contributed by atoms with Gasteiger partial charge < -0.3 is 0 Å². The number of rotatable bonds is 0. The lowest BCUT2D eigenvalue weighted by atomic mass is 9.96. The Morgan fingerprint density at radius 1 is 1.22 bits per heavy atom. The molecule has 0 aromatic heterocycles. The molecule has 0 unspecified atom stereocenters. The molecular weight excluding hydrogens is 136 g/mol. The summed E-state index contributed by atoms with van der Waals surface area (Å²) >= 11 is 5.87. The van der Waals surface area contributed by atoms with E-state index in [1.165, 1.54) is 25.9 Å². The highest BCUT2D eigenvalue weighted by Crippen LogP contribution is 2.27. The van der Waals surface area contributed by atoms with Crippen LogP contribution in [0, 0.1) is 5.92 Å². The first-order chi connectivity index (χ1) is 4.36. The van der Waals surface area contributed by atoms with E-state index in [1.54, 1.807) is 0 Å². The Kier molecular flexibility index (Phi) is 1.40. The van der Waals surface area contributed by atoms with Crippen molar-refractivity contribution in [3.63, 3.8) is 0 Å². The number of hydrazine groups is 1. The van der Waals surface area contributed by atoms with E-state index in [0.717, 1.165) is 12.5 Å². The van der Waals surface area contributed by atoms with Gasteiger partial charge in [-0.25, -0.2) is 5.01 Å². The Hall–Kier alpha value is 0.210. The zero-order valence-electron chi connectivity index (χ0n) is 5.39. The van der Waals surface area contributed by atoms with Crippen molar-refractivity contribution in [2.75, 3.05) is 19.6 Å². The zero-order chi connectivity index (χ0) is 6.27. The molecule has 3 heterocycles. The number of hydrogen-bond acceptors (Lipinski definition) is 2. The van der Waals surface area contributed by atoms with E-state index in [0.29, 0.717) is 0 Å². The molecule has 3 rings (SSSR count). The maximum absolute atomic E-state index is 5.87. The van der Waals surface area contributed by atoms with E-state index >= 15 is 0 Å². The summed E-state index contributed by atoms with van der Waals surface area (Å²) in [5, 5.41) is 2.22. The maximum Gasteiger partial charge on any atom is 0.0327 e. The van der Waals surface area contributed by atoms with Gasteiger partial charge in [0.15, 0.2) is 0 Å². The molecule has 0 amide bonds. The van der Waals surface area contributed by atoms with Gasteiger partial charge in [-0.1, -0.05) is 0 Å². The van der Waals surface area contributed by atoms with Gasteiger partial charge >= 0.3 is 0 Å². The monoisotopic (exact) mass is 146 g/mol. The fourth-order valence-corrected chi connectivity index (χ4v) is 1.99. The second-order valence-corrected chi connectivity index (χ2v) is 3.31. The van der Waals surface area contributed by atoms with Crippen molar-refractivity contribution in [1.82, 2.24) is 9.54 Å². The molecular formula is C6H11ClN2. The molecule has 52 valence electrons. The average Bonchev–Trinajstić information content (AvgIpc) is 1.90. The Morgan fingerprint density at radius 3 is 2.11 bits per heavy atom. The first kappa shape index (κ1) is 5.96. The molecule has 0 saturated carbocycles. The molecule has 0 aliphatic carbocycles. The largest absolute Gasteiger partial charge is 0.228 e. The topological polar surface area (TPSA) is 6.48 Å². The van der Waals surface area contributed by atoms with Gasteiger partial charge in [-0.3, -0.25) is 0 Å². The van der Waals surface area contributed by atoms with Crippen molar-refractivity contribution < 1.29 is 0 Å². The minimum atomic E-state index is 0.882. The van der Waals surface area contributed by atoms with Gasteiger partial charge in [0.2, 0.25) is 0 Å². The lowest BCUT2D eigenvalue weighted by molar-refractivity contribution is -0.0427. The third kappa shape index (κ3) is 0.955. The highest BCUT2D eigenvalue weighted by atomic mass is 35.5. The van der Waals surface area contributed by atoms with E-state index in [4.69, 9.17) is 11.8 Å². The molecule has 0 atom stereocenters. The Balaban J connectivity index is 2.06. The zero-order valence-corrected chi connectivity index (χ0v) is 6.14. The quantitative estimate of drug-likeness (QED) is 0.472. The van der Waals surface area contributed by atoms with Crippen molar-refractivity contribution in [3.8, 4) is 0 Å². The second kappa shape index (κ2) is 2.11. The van der Waals surface area contributed by atoms with E-state index < -0.39 is 0 Å². The summed E-state index contributed by atoms with van der Waals surface area (Å²) in [5.74, 6) is 0.882. The maximum atomic E-state index is 5.87. The van der Waals surface area contributed by atoms with E-state index in [2.05, 4.69) is 5.01 Å². The Labute approximate surface area is 60.5 Å². The summed E-state index contributed by atoms with van der Waals surface area (Å²) < 4.78 is 1.84. The molecule has 3 aliphatic rings. The van der Waals surface area contributed by atoms with Gasteiger partial charge in [-0.2, -0.15) is 4.53 Å². The first-order valence-corrected chi connectivity index (χ1v) is 3.88. The van der Waals surface area contributed by atoms with Crippen molar-refractivity contribution in [1.29, 1.82) is 0 Å². The van der Waals surface area contributed by atoms with Crippen LogP contribution in [0.15, 0.2) is 0 Å². The van der Waals surface area contributed by atoms with Gasteiger partial charge in [-0.15, -0.1) is 0 Å². The van der Waals surface area contributed by atoms with Crippen molar-refractivity contribution in [2.24, 2.45) is 5.92 Å². The second-order valence-electron chi connectivity index (χ2n) is 2.92. The van der Waals surface area contributed by atoms with Crippen LogP contribution >= 0.6 is 11.8 Å². The molecule has 0 aromatic carbocycles. The molecule has 3 saturated heterocycles. The highest BCUT2D eigenvalue weighted by Gasteiger charge is 2.30. The lowest BCUT2D eigenvalue weighted by Gasteiger charge is -2.43. The van der Waals surface area contributed by atoms with Crippen LogP contribution in [0.5, 0.6) is 0 Å². The molecule has 0 radical (unpaired) electrons. The van der Waals surface area contributed by atoms with Crippen molar-refractivity contribution in [3.05, 3.63) is 0 Å². The Morgan fingerprint density at radius 2 is 1.89 bits per heavy atom. The predicted octanol–water partition coefficient (Wildman–Crippen LogP) is 1.08. The minimum Gasteiger partial charge on any atom is -0.228 e. The summed E-state index contributed by atoms with van der Waals surface area (Å²) in [7, 11) is 0. The molecule has 3 fully saturated rings. The van der Waals surface area contributed by atoms with Crippen LogP contribution in [0.1, 0.15) is 12.8 Å². The van der Waals surface area contributed by atoms with Crippen LogP contribution in [0.25, 0.3) is 0 Å². The fraction of sp³-hybridized carbons (Fsp3) is 1.00. The lowest BCUT2D eigenvalue weighted by Crippen LogP contribution is -2.51. The van der Waals surface area contributed by atoms with Gasteiger partial charge in [0, 0.05) is 19.6 Å². The van der Waals surface area contributed by atoms with Crippen LogP contribution in [-0.2, 0) is 0 Å². The summed E-state index contributed by atoms with van der Waals surface area (Å²) in [6, 6.07) is 0. The number of fused-ring (bicyclic) bond motifs is 3. The summed E-state index contributed by atoms with van der Waals surface area (Å²) in [5.41, 5.74) is 0. The van der Waals surface area contributed by atoms with Gasteiger partial charge in [0.05, 0.1) is 0 Å². The van der Waals surface area contributed by atoms with Gasteiger partial charge in [0.25, 0.3) is 0 Å². The normalized spacial score (nSPS) is 43.7. The van der Waals surface area contributed by atoms with Crippen LogP contribution < -0.4 is 0 Å². The van der Waals surface area contributed by atoms with E-state index in [9.17, 15) is 0 Å². The number of nitrogens with zero attached hydrogens (tertiary/aromatic N) is 2. The third-order valence-corrected chi connectivity index (χ3v) is 2.66. The van der Waals surface area contributed by atoms with E-state index in [-0.39, 0.29) is 0 Å². The average molecular weight is 147 g/mol. The third-order valence-electron chi connectivity index (χ3n) is 2.31. The fourth-order valence-electron chi connectivity index (χ4n) is 1.65. The van der Waals surface area contributed by atoms with Crippen LogP contribution in [-0.4, -0.2) is 29.2 Å². The molecule has 9 heavy (non-hydrogen) atoms. The first-order valence-electron chi connectivity index (χ1n) is 3.54. The number of piperidine rings is 1. The smallest absolute Gasteiger partial charge is 0.0327 e. The Bertz CT molecular complexity index is 110. The summed E-state index contributed by atoms with van der Waals surface area (Å²) in [6.45, 7) is 3.42. The molecule has 2 bridgehead atoms. The summed E-state index contributed by atoms with van der Waals surface area (Å²) in [6.07, 6.45) is 2.70. The minimum absolute atomic E-state index is 0.882. The van der Waals surface area contributed by atoms with Crippen molar-refractivity contribution in [2.45, 2.75) is 12.8 Å². The van der Waals surface area contributed by atoms with Gasteiger partial charge in [0.1, 0.15) is 0 Å². The molecule has 2 nitrogen and oxygen atoms in total. The van der Waals surface area contributed by atoms with Crippen molar-refractivity contribution >= 4 is 11.8 Å². The summed E-state index contributed by atoms with van der Waals surface area (Å²) in [4.78, 5) is 0. The SMILES string of the molecule is ClN1CC2CCN1CC2. The molecule has 3 aliphatic heterocycles. The predicted molar refractivity (Wildman–Crippen MR) is 36.9 cm³/mol. The number of hydrogen-bond donors (Lipinski definition) is 0. The van der Waals surface area contributed by atoms with Gasteiger partial charge in [-0.05, 0) is 30.5 Å². The standard InChI is InChI=1S/C6H11ClN2/c7-9-5-6-1-3-8(9)4-2-6/h6H,1-5H2. The molecule has 0 N–H and O–H groups in total. The number of halogens is 1. The van der Waals surface area contributed by atoms with Crippen LogP contribution in [0.2, 0.25) is 0 Å². The van der Waals surface area contributed by atoms with Crippen LogP contribution in [0.4, 0.5) is 0 Å². The molecule has 3 heteroatoms.